The van der Waals surface area contributed by atoms with E-state index in [1.165, 1.54) is 30.2 Å². The van der Waals surface area contributed by atoms with Gasteiger partial charge in [-0.05, 0) is 50.8 Å². The molecule has 1 N–H and O–H groups in total. The van der Waals surface area contributed by atoms with Gasteiger partial charge in [-0.1, -0.05) is 11.3 Å². The molecule has 2 nitrogen and oxygen atoms in total. The van der Waals surface area contributed by atoms with Gasteiger partial charge in [0.25, 0.3) is 0 Å². The highest BCUT2D eigenvalue weighted by Crippen LogP contribution is 2.42. The Labute approximate surface area is 119 Å². The molecule has 1 heterocycles. The summed E-state index contributed by atoms with van der Waals surface area (Å²) in [4.78, 5) is 4.29. The van der Waals surface area contributed by atoms with Crippen LogP contribution in [0.15, 0.2) is 18.2 Å². The van der Waals surface area contributed by atoms with Crippen LogP contribution in [0.25, 0.3) is 10.2 Å². The number of hydrogen-bond acceptors (Lipinski definition) is 3. The summed E-state index contributed by atoms with van der Waals surface area (Å²) in [6, 6.07) is 3.71. The predicted molar refractivity (Wildman–Crippen MR) is 75.0 cm³/mol. The summed E-state index contributed by atoms with van der Waals surface area (Å²) in [5, 5.41) is 4.04. The van der Waals surface area contributed by atoms with Gasteiger partial charge < -0.3 is 5.32 Å². The Hall–Kier alpha value is -1.30. The van der Waals surface area contributed by atoms with E-state index in [1.807, 2.05) is 0 Å². The monoisotopic (exact) mass is 300 g/mol. The Morgan fingerprint density at radius 3 is 2.55 bits per heavy atom. The molecular formula is C14H15F3N2S. The lowest BCUT2D eigenvalue weighted by atomic mass is 9.99. The molecule has 0 amide bonds. The van der Waals surface area contributed by atoms with Gasteiger partial charge in [0.2, 0.25) is 0 Å². The van der Waals surface area contributed by atoms with Gasteiger partial charge in [0.15, 0.2) is 5.13 Å². The van der Waals surface area contributed by atoms with E-state index in [2.05, 4.69) is 24.1 Å². The van der Waals surface area contributed by atoms with Crippen LogP contribution in [0.1, 0.15) is 32.3 Å². The van der Waals surface area contributed by atoms with Crippen LogP contribution in [-0.4, -0.2) is 10.5 Å². The molecule has 0 radical (unpaired) electrons. The first-order valence-electron chi connectivity index (χ1n) is 6.52. The second-order valence-electron chi connectivity index (χ2n) is 5.82. The molecule has 20 heavy (non-hydrogen) atoms. The molecule has 0 bridgehead atoms. The molecule has 0 atom stereocenters. The van der Waals surface area contributed by atoms with Crippen LogP contribution in [0, 0.1) is 5.92 Å². The van der Waals surface area contributed by atoms with Crippen LogP contribution in [-0.2, 0) is 6.18 Å². The second kappa shape index (κ2) is 4.35. The van der Waals surface area contributed by atoms with Gasteiger partial charge >= 0.3 is 6.18 Å². The maximum Gasteiger partial charge on any atom is 0.416 e. The lowest BCUT2D eigenvalue weighted by Crippen LogP contribution is -2.33. The van der Waals surface area contributed by atoms with E-state index in [0.29, 0.717) is 16.6 Å². The molecule has 1 aromatic heterocycles. The Balaban J connectivity index is 1.90. The number of halogens is 3. The molecule has 108 valence electrons. The third kappa shape index (κ3) is 2.61. The van der Waals surface area contributed by atoms with E-state index in [4.69, 9.17) is 0 Å². The summed E-state index contributed by atoms with van der Waals surface area (Å²) in [6.07, 6.45) is -1.93. The minimum atomic E-state index is -4.32. The van der Waals surface area contributed by atoms with Crippen molar-refractivity contribution in [2.75, 3.05) is 5.32 Å². The molecule has 2 aromatic rings. The van der Waals surface area contributed by atoms with Crippen LogP contribution in [0.4, 0.5) is 18.3 Å². The highest BCUT2D eigenvalue weighted by molar-refractivity contribution is 7.22. The summed E-state index contributed by atoms with van der Waals surface area (Å²) < 4.78 is 38.8. The van der Waals surface area contributed by atoms with Crippen molar-refractivity contribution in [3.8, 4) is 0 Å². The maximum atomic E-state index is 12.7. The average molecular weight is 300 g/mol. The Kier molecular flexibility index (Phi) is 2.97. The summed E-state index contributed by atoms with van der Waals surface area (Å²) >= 11 is 1.40. The number of hydrogen-bond donors (Lipinski definition) is 1. The first kappa shape index (κ1) is 13.7. The van der Waals surface area contributed by atoms with Crippen molar-refractivity contribution in [1.82, 2.24) is 4.98 Å². The van der Waals surface area contributed by atoms with E-state index in [1.54, 1.807) is 0 Å². The number of nitrogens with zero attached hydrogens (tertiary/aromatic N) is 1. The molecule has 0 aliphatic heterocycles. The van der Waals surface area contributed by atoms with E-state index in [-0.39, 0.29) is 5.54 Å². The first-order chi connectivity index (χ1) is 9.25. The van der Waals surface area contributed by atoms with Gasteiger partial charge in [0.05, 0.1) is 15.8 Å². The van der Waals surface area contributed by atoms with Crippen LogP contribution < -0.4 is 5.32 Å². The number of benzene rings is 1. The fourth-order valence-electron chi connectivity index (χ4n) is 2.34. The highest BCUT2D eigenvalue weighted by atomic mass is 32.1. The summed E-state index contributed by atoms with van der Waals surface area (Å²) in [7, 11) is 0. The van der Waals surface area contributed by atoms with Crippen molar-refractivity contribution in [1.29, 1.82) is 0 Å². The van der Waals surface area contributed by atoms with Gasteiger partial charge in [-0.2, -0.15) is 13.2 Å². The number of rotatable bonds is 3. The van der Waals surface area contributed by atoms with Crippen molar-refractivity contribution >= 4 is 26.7 Å². The van der Waals surface area contributed by atoms with Crippen molar-refractivity contribution in [2.45, 2.75) is 38.4 Å². The largest absolute Gasteiger partial charge is 0.416 e. The van der Waals surface area contributed by atoms with Gasteiger partial charge in [-0.25, -0.2) is 4.98 Å². The smallest absolute Gasteiger partial charge is 0.356 e. The number of thiazole rings is 1. The van der Waals surface area contributed by atoms with Crippen LogP contribution in [0.3, 0.4) is 0 Å². The van der Waals surface area contributed by atoms with Gasteiger partial charge in [-0.3, -0.25) is 0 Å². The molecule has 0 unspecified atom stereocenters. The number of nitrogens with one attached hydrogen (secondary N) is 1. The lowest BCUT2D eigenvalue weighted by molar-refractivity contribution is -0.137. The van der Waals surface area contributed by atoms with Crippen molar-refractivity contribution in [3.63, 3.8) is 0 Å². The third-order valence-corrected chi connectivity index (χ3v) is 4.69. The normalized spacial score (nSPS) is 16.6. The highest BCUT2D eigenvalue weighted by Gasteiger charge is 2.38. The van der Waals surface area contributed by atoms with Gasteiger partial charge in [0.1, 0.15) is 0 Å². The fourth-order valence-corrected chi connectivity index (χ4v) is 3.35. The molecule has 1 aliphatic carbocycles. The average Bonchev–Trinajstić information content (AvgIpc) is 3.09. The molecule has 6 heteroatoms. The van der Waals surface area contributed by atoms with E-state index in [0.717, 1.165) is 16.8 Å². The number of aromatic nitrogens is 1. The molecule has 1 fully saturated rings. The Bertz CT molecular complexity index is 641. The topological polar surface area (TPSA) is 24.9 Å². The zero-order valence-corrected chi connectivity index (χ0v) is 12.0. The SMILES string of the molecule is CC(C)(Nc1nc2cc(C(F)(F)F)ccc2s1)C1CC1. The third-order valence-electron chi connectivity index (χ3n) is 3.74. The van der Waals surface area contributed by atoms with E-state index in [9.17, 15) is 13.2 Å². The zero-order valence-electron chi connectivity index (χ0n) is 11.2. The lowest BCUT2D eigenvalue weighted by Gasteiger charge is -2.25. The molecule has 3 rings (SSSR count). The fraction of sp³-hybridized carbons (Fsp3) is 0.500. The van der Waals surface area contributed by atoms with Gasteiger partial charge in [-0.15, -0.1) is 0 Å². The van der Waals surface area contributed by atoms with Crippen molar-refractivity contribution in [2.24, 2.45) is 5.92 Å². The predicted octanol–water partition coefficient (Wildman–Crippen LogP) is 4.92. The number of anilines is 1. The van der Waals surface area contributed by atoms with Crippen molar-refractivity contribution < 1.29 is 13.2 Å². The quantitative estimate of drug-likeness (QED) is 0.870. The number of fused-ring (bicyclic) bond motifs is 1. The van der Waals surface area contributed by atoms with Gasteiger partial charge in [0, 0.05) is 5.54 Å². The maximum absolute atomic E-state index is 12.7. The molecule has 1 saturated carbocycles. The summed E-state index contributed by atoms with van der Waals surface area (Å²) in [6.45, 7) is 4.22. The minimum Gasteiger partial charge on any atom is -0.356 e. The second-order valence-corrected chi connectivity index (χ2v) is 6.85. The first-order valence-corrected chi connectivity index (χ1v) is 7.33. The molecule has 1 aliphatic rings. The van der Waals surface area contributed by atoms with Crippen molar-refractivity contribution in [3.05, 3.63) is 23.8 Å². The standard InChI is InChI=1S/C14H15F3N2S/c1-13(2,8-3-4-8)19-12-18-10-7-9(14(15,16)17)5-6-11(10)20-12/h5-8H,3-4H2,1-2H3,(H,18,19). The van der Waals surface area contributed by atoms with Crippen LogP contribution in [0.2, 0.25) is 0 Å². The summed E-state index contributed by atoms with van der Waals surface area (Å²) in [5.74, 6) is 0.625. The minimum absolute atomic E-state index is 0.0548. The van der Waals surface area contributed by atoms with Crippen LogP contribution in [0.5, 0.6) is 0 Å². The van der Waals surface area contributed by atoms with E-state index < -0.39 is 11.7 Å². The Morgan fingerprint density at radius 1 is 1.25 bits per heavy atom. The molecular weight excluding hydrogens is 285 g/mol. The van der Waals surface area contributed by atoms with E-state index >= 15 is 0 Å². The summed E-state index contributed by atoms with van der Waals surface area (Å²) in [5.41, 5.74) is -0.303. The van der Waals surface area contributed by atoms with Crippen LogP contribution >= 0.6 is 11.3 Å². The molecule has 0 saturated heterocycles. The Morgan fingerprint density at radius 2 is 1.95 bits per heavy atom. The molecule has 1 aromatic carbocycles. The zero-order chi connectivity index (χ0) is 14.5. The number of alkyl halides is 3. The molecule has 0 spiro atoms.